The molecule has 2 saturated carbocycles. The molecule has 0 aromatic heterocycles. The number of Topliss-reactive ketones (excluding diaryl/α,β-unsaturated/α-hetero) is 1. The number of hydrogen-bond donors (Lipinski definition) is 0. The van der Waals surface area contributed by atoms with Crippen molar-refractivity contribution in [2.24, 2.45) is 0 Å². The minimum absolute atomic E-state index is 0.0450. The highest BCUT2D eigenvalue weighted by Crippen LogP contribution is 2.55. The summed E-state index contributed by atoms with van der Waals surface area (Å²) >= 11 is 0. The third kappa shape index (κ3) is 2.39. The van der Waals surface area contributed by atoms with Crippen LogP contribution in [0.1, 0.15) is 71.1 Å². The van der Waals surface area contributed by atoms with E-state index in [1.54, 1.807) is 6.92 Å². The Bertz CT molecular complexity index is 528. The summed E-state index contributed by atoms with van der Waals surface area (Å²) in [5.41, 5.74) is -0.256. The molecule has 24 heavy (non-hydrogen) atoms. The third-order valence-corrected chi connectivity index (χ3v) is 6.75. The van der Waals surface area contributed by atoms with Crippen molar-refractivity contribution in [2.75, 3.05) is 0 Å². The zero-order chi connectivity index (χ0) is 16.4. The Morgan fingerprint density at radius 1 is 1.00 bits per heavy atom. The van der Waals surface area contributed by atoms with E-state index >= 15 is 0 Å². The zero-order valence-electron chi connectivity index (χ0n) is 14.5. The van der Waals surface area contributed by atoms with Gasteiger partial charge in [0.15, 0.2) is 5.79 Å². The van der Waals surface area contributed by atoms with Gasteiger partial charge >= 0.3 is 0 Å². The molecule has 5 rings (SSSR count). The van der Waals surface area contributed by atoms with E-state index in [9.17, 15) is 4.79 Å². The molecule has 0 aromatic carbocycles. The SMILES string of the molecule is CC(=O)C[C@H]1CC[C@@H]2O[C@@H]3CC2(C[C@H]2OC4(CCCCC4)O[C@@H]32)O1. The molecule has 0 amide bonds. The van der Waals surface area contributed by atoms with Crippen LogP contribution < -0.4 is 0 Å². The van der Waals surface area contributed by atoms with E-state index in [4.69, 9.17) is 18.9 Å². The maximum Gasteiger partial charge on any atom is 0.169 e. The van der Waals surface area contributed by atoms with Gasteiger partial charge in [0.25, 0.3) is 0 Å². The lowest BCUT2D eigenvalue weighted by atomic mass is 9.76. The van der Waals surface area contributed by atoms with Crippen molar-refractivity contribution in [3.05, 3.63) is 0 Å². The number of carbonyl (C=O) groups is 1. The molecule has 0 aromatic rings. The summed E-state index contributed by atoms with van der Waals surface area (Å²) in [6, 6.07) is 0. The van der Waals surface area contributed by atoms with E-state index in [0.29, 0.717) is 6.42 Å². The van der Waals surface area contributed by atoms with E-state index in [0.717, 1.165) is 38.5 Å². The largest absolute Gasteiger partial charge is 0.369 e. The Kier molecular flexibility index (Phi) is 3.61. The highest BCUT2D eigenvalue weighted by molar-refractivity contribution is 5.76. The van der Waals surface area contributed by atoms with Crippen molar-refractivity contribution in [1.82, 2.24) is 0 Å². The Morgan fingerprint density at radius 2 is 1.79 bits per heavy atom. The maximum atomic E-state index is 11.5. The van der Waals surface area contributed by atoms with E-state index in [1.807, 2.05) is 0 Å². The monoisotopic (exact) mass is 336 g/mol. The van der Waals surface area contributed by atoms with Gasteiger partial charge < -0.3 is 18.9 Å². The molecule has 6 atom stereocenters. The lowest BCUT2D eigenvalue weighted by Gasteiger charge is -2.44. The molecule has 2 bridgehead atoms. The molecule has 5 heteroatoms. The molecule has 5 aliphatic rings. The highest BCUT2D eigenvalue weighted by Gasteiger charge is 2.65. The average Bonchev–Trinajstić information content (AvgIpc) is 3.03. The average molecular weight is 336 g/mol. The van der Waals surface area contributed by atoms with E-state index < -0.39 is 0 Å². The second-order valence-electron chi connectivity index (χ2n) is 8.57. The van der Waals surface area contributed by atoms with Crippen molar-refractivity contribution >= 4 is 5.78 Å². The van der Waals surface area contributed by atoms with Gasteiger partial charge in [-0.3, -0.25) is 4.79 Å². The van der Waals surface area contributed by atoms with Crippen LogP contribution in [0, 0.1) is 0 Å². The minimum atomic E-state index is -0.360. The number of ketones is 1. The lowest BCUT2D eigenvalue weighted by Crippen LogP contribution is -2.53. The standard InChI is InChI=1S/C19H28O5/c1-12(20)9-13-5-6-16-18(22-13)10-14(21-16)17-15(11-18)23-19(24-17)7-3-2-4-8-19/h13-17H,2-11H2,1H3/t13-,14-,15-,16+,17+,18?/m1/s1. The second-order valence-corrected chi connectivity index (χ2v) is 8.57. The molecule has 1 unspecified atom stereocenters. The van der Waals surface area contributed by atoms with Gasteiger partial charge in [0.05, 0.1) is 30.0 Å². The lowest BCUT2D eigenvalue weighted by molar-refractivity contribution is -0.215. The Labute approximate surface area is 143 Å². The highest BCUT2D eigenvalue weighted by atomic mass is 16.8. The van der Waals surface area contributed by atoms with Gasteiger partial charge in [-0.2, -0.15) is 0 Å². The van der Waals surface area contributed by atoms with Crippen molar-refractivity contribution in [3.63, 3.8) is 0 Å². The number of ether oxygens (including phenoxy) is 4. The van der Waals surface area contributed by atoms with Crippen molar-refractivity contribution in [1.29, 1.82) is 0 Å². The first-order chi connectivity index (χ1) is 11.6. The minimum Gasteiger partial charge on any atom is -0.369 e. The Balaban J connectivity index is 1.35. The van der Waals surface area contributed by atoms with Gasteiger partial charge in [-0.25, -0.2) is 0 Å². The summed E-state index contributed by atoms with van der Waals surface area (Å²) < 4.78 is 25.8. The molecule has 2 aliphatic carbocycles. The maximum absolute atomic E-state index is 11.5. The van der Waals surface area contributed by atoms with Gasteiger partial charge in [-0.05, 0) is 32.6 Å². The van der Waals surface area contributed by atoms with Crippen LogP contribution in [0.15, 0.2) is 0 Å². The van der Waals surface area contributed by atoms with Gasteiger partial charge in [0, 0.05) is 32.1 Å². The predicted molar refractivity (Wildman–Crippen MR) is 85.6 cm³/mol. The fraction of sp³-hybridized carbons (Fsp3) is 0.947. The predicted octanol–water partition coefficient (Wildman–Crippen LogP) is 2.89. The first-order valence-electron chi connectivity index (χ1n) is 9.76. The van der Waals surface area contributed by atoms with Crippen LogP contribution in [-0.4, -0.2) is 47.7 Å². The molecular formula is C19H28O5. The first-order valence-corrected chi connectivity index (χ1v) is 9.76. The molecule has 5 fully saturated rings. The zero-order valence-corrected chi connectivity index (χ0v) is 14.5. The van der Waals surface area contributed by atoms with Crippen molar-refractivity contribution in [2.45, 2.75) is 113 Å². The van der Waals surface area contributed by atoms with Gasteiger partial charge in [-0.1, -0.05) is 6.42 Å². The Morgan fingerprint density at radius 3 is 2.58 bits per heavy atom. The molecule has 5 nitrogen and oxygen atoms in total. The van der Waals surface area contributed by atoms with Crippen LogP contribution in [0.2, 0.25) is 0 Å². The quantitative estimate of drug-likeness (QED) is 0.776. The Hall–Kier alpha value is -0.490. The molecule has 0 N–H and O–H groups in total. The molecule has 3 aliphatic heterocycles. The van der Waals surface area contributed by atoms with Crippen LogP contribution >= 0.6 is 0 Å². The topological polar surface area (TPSA) is 54.0 Å². The van der Waals surface area contributed by atoms with Crippen LogP contribution in [0.5, 0.6) is 0 Å². The fourth-order valence-electron chi connectivity index (χ4n) is 5.79. The van der Waals surface area contributed by atoms with Crippen molar-refractivity contribution < 1.29 is 23.7 Å². The van der Waals surface area contributed by atoms with Crippen LogP contribution in [0.25, 0.3) is 0 Å². The number of carbonyl (C=O) groups excluding carboxylic acids is 1. The van der Waals surface area contributed by atoms with Crippen LogP contribution in [-0.2, 0) is 23.7 Å². The van der Waals surface area contributed by atoms with Gasteiger partial charge in [-0.15, -0.1) is 0 Å². The molecular weight excluding hydrogens is 308 g/mol. The summed E-state index contributed by atoms with van der Waals surface area (Å²) in [5, 5.41) is 0. The normalized spacial score (nSPS) is 49.0. The molecule has 0 radical (unpaired) electrons. The van der Waals surface area contributed by atoms with E-state index in [1.165, 1.54) is 19.3 Å². The third-order valence-electron chi connectivity index (χ3n) is 6.75. The molecule has 134 valence electrons. The molecule has 3 saturated heterocycles. The van der Waals surface area contributed by atoms with Gasteiger partial charge in [0.2, 0.25) is 0 Å². The summed E-state index contributed by atoms with van der Waals surface area (Å²) in [4.78, 5) is 11.5. The second kappa shape index (κ2) is 5.50. The van der Waals surface area contributed by atoms with Crippen molar-refractivity contribution in [3.8, 4) is 0 Å². The molecule has 3 heterocycles. The number of rotatable bonds is 2. The first kappa shape index (κ1) is 15.7. The van der Waals surface area contributed by atoms with Crippen LogP contribution in [0.3, 0.4) is 0 Å². The summed E-state index contributed by atoms with van der Waals surface area (Å²) in [7, 11) is 0. The smallest absolute Gasteiger partial charge is 0.169 e. The fourth-order valence-corrected chi connectivity index (χ4v) is 5.79. The molecule has 2 spiro atoms. The van der Waals surface area contributed by atoms with E-state index in [-0.39, 0.29) is 47.7 Å². The summed E-state index contributed by atoms with van der Waals surface area (Å²) in [5.74, 6) is -0.151. The summed E-state index contributed by atoms with van der Waals surface area (Å²) in [6.07, 6.45) is 10.3. The summed E-state index contributed by atoms with van der Waals surface area (Å²) in [6.45, 7) is 1.65. The van der Waals surface area contributed by atoms with Gasteiger partial charge in [0.1, 0.15) is 11.9 Å². The number of fused-ring (bicyclic) bond motifs is 3. The van der Waals surface area contributed by atoms with Crippen LogP contribution in [0.4, 0.5) is 0 Å². The number of hydrogen-bond acceptors (Lipinski definition) is 5. The van der Waals surface area contributed by atoms with E-state index in [2.05, 4.69) is 0 Å².